The molecule has 0 aliphatic heterocycles. The second-order valence-electron chi connectivity index (χ2n) is 5.70. The number of hydrazone groups is 1. The van der Waals surface area contributed by atoms with E-state index in [4.69, 9.17) is 17.4 Å². The quantitative estimate of drug-likeness (QED) is 0.236. The summed E-state index contributed by atoms with van der Waals surface area (Å²) in [7, 11) is 0. The lowest BCUT2D eigenvalue weighted by atomic mass is 10.1. The molecule has 0 spiro atoms. The molecular formula is C18H18ClN7OS. The maximum atomic E-state index is 12.1. The van der Waals surface area contributed by atoms with E-state index < -0.39 is 0 Å². The molecule has 1 aromatic heterocycles. The number of amides is 1. The summed E-state index contributed by atoms with van der Waals surface area (Å²) in [5, 5.41) is 15.9. The number of benzene rings is 2. The Morgan fingerprint density at radius 1 is 1.21 bits per heavy atom. The highest BCUT2D eigenvalue weighted by molar-refractivity contribution is 7.99. The summed E-state index contributed by atoms with van der Waals surface area (Å²) in [6.07, 6.45) is 0. The van der Waals surface area contributed by atoms with Gasteiger partial charge < -0.3 is 11.2 Å². The van der Waals surface area contributed by atoms with E-state index in [2.05, 4.69) is 26.0 Å². The molecule has 0 saturated carbocycles. The fourth-order valence-electron chi connectivity index (χ4n) is 2.22. The predicted octanol–water partition coefficient (Wildman–Crippen LogP) is 3.21. The van der Waals surface area contributed by atoms with E-state index in [0.717, 1.165) is 23.0 Å². The van der Waals surface area contributed by atoms with Crippen molar-refractivity contribution < 1.29 is 4.79 Å². The molecule has 2 aromatic carbocycles. The summed E-state index contributed by atoms with van der Waals surface area (Å²) in [6, 6.07) is 16.6. The zero-order valence-electron chi connectivity index (χ0n) is 15.0. The fourth-order valence-corrected chi connectivity index (χ4v) is 3.07. The number of carbonyl (C=O) groups is 1. The van der Waals surface area contributed by atoms with Gasteiger partial charge in [-0.05, 0) is 30.7 Å². The van der Waals surface area contributed by atoms with Crippen LogP contribution in [0.1, 0.15) is 12.5 Å². The number of aromatic nitrogens is 3. The van der Waals surface area contributed by atoms with E-state index in [1.807, 2.05) is 37.3 Å². The minimum atomic E-state index is -0.206. The number of nitrogens with one attached hydrogen (secondary N) is 2. The van der Waals surface area contributed by atoms with Crippen molar-refractivity contribution in [2.75, 3.05) is 22.3 Å². The summed E-state index contributed by atoms with van der Waals surface area (Å²) in [5.74, 6) is 6.16. The summed E-state index contributed by atoms with van der Waals surface area (Å²) in [6.45, 7) is 1.87. The molecule has 144 valence electrons. The van der Waals surface area contributed by atoms with Crippen molar-refractivity contribution in [3.05, 3.63) is 65.2 Å². The molecule has 28 heavy (non-hydrogen) atoms. The molecule has 3 aromatic rings. The Balaban J connectivity index is 1.56. The lowest BCUT2D eigenvalue weighted by molar-refractivity contribution is -0.113. The maximum Gasteiger partial charge on any atom is 0.264 e. The molecule has 1 heterocycles. The first-order valence-electron chi connectivity index (χ1n) is 8.27. The van der Waals surface area contributed by atoms with Gasteiger partial charge in [-0.3, -0.25) is 4.79 Å². The van der Waals surface area contributed by atoms with Crippen LogP contribution in [-0.4, -0.2) is 32.2 Å². The van der Waals surface area contributed by atoms with Crippen molar-refractivity contribution in [3.63, 3.8) is 0 Å². The van der Waals surface area contributed by atoms with Gasteiger partial charge in [0.1, 0.15) is 0 Å². The number of anilines is 2. The monoisotopic (exact) mass is 415 g/mol. The van der Waals surface area contributed by atoms with Gasteiger partial charge in [-0.15, -0.1) is 10.2 Å². The second-order valence-corrected chi connectivity index (χ2v) is 7.08. The molecular weight excluding hydrogens is 398 g/mol. The zero-order valence-corrected chi connectivity index (χ0v) is 16.5. The molecule has 0 aliphatic rings. The van der Waals surface area contributed by atoms with Crippen LogP contribution >= 0.6 is 23.4 Å². The van der Waals surface area contributed by atoms with Crippen LogP contribution in [0.15, 0.2) is 64.9 Å². The average molecular weight is 416 g/mol. The molecule has 8 nitrogen and oxygen atoms in total. The Hall–Kier alpha value is -3.04. The number of nitrogens with two attached hydrogens (primary N) is 1. The Morgan fingerprint density at radius 2 is 2.00 bits per heavy atom. The number of halogens is 1. The standard InChI is InChI=1S/C18H18ClN7OS/c1-12(13-6-3-2-4-7-13)22-23-17-24-25-18(26(17)20)28-11-16(27)21-15-9-5-8-14(19)10-15/h2-10H,11,20H2,1H3,(H,21,27)(H,23,24)/b22-12+. The highest BCUT2D eigenvalue weighted by Crippen LogP contribution is 2.19. The van der Waals surface area contributed by atoms with E-state index >= 15 is 0 Å². The third kappa shape index (κ3) is 5.24. The normalized spacial score (nSPS) is 11.3. The van der Waals surface area contributed by atoms with Crippen molar-refractivity contribution in [1.82, 2.24) is 14.9 Å². The number of hydrogen-bond donors (Lipinski definition) is 3. The van der Waals surface area contributed by atoms with Crippen LogP contribution in [0, 0.1) is 0 Å². The second kappa shape index (κ2) is 9.25. The Kier molecular flexibility index (Phi) is 6.51. The highest BCUT2D eigenvalue weighted by Gasteiger charge is 2.12. The van der Waals surface area contributed by atoms with Crippen LogP contribution in [0.2, 0.25) is 5.02 Å². The smallest absolute Gasteiger partial charge is 0.264 e. The molecule has 1 amide bonds. The summed E-state index contributed by atoms with van der Waals surface area (Å²) >= 11 is 7.06. The van der Waals surface area contributed by atoms with E-state index in [0.29, 0.717) is 15.9 Å². The van der Waals surface area contributed by atoms with Gasteiger partial charge in [-0.25, -0.2) is 10.1 Å². The molecule has 10 heteroatoms. The van der Waals surface area contributed by atoms with Crippen molar-refractivity contribution in [2.24, 2.45) is 5.10 Å². The van der Waals surface area contributed by atoms with Crippen LogP contribution in [-0.2, 0) is 4.79 Å². The number of rotatable bonds is 7. The van der Waals surface area contributed by atoms with Gasteiger partial charge in [0.15, 0.2) is 0 Å². The van der Waals surface area contributed by atoms with Gasteiger partial charge in [-0.1, -0.05) is 59.8 Å². The number of hydrogen-bond acceptors (Lipinski definition) is 7. The fraction of sp³-hybridized carbons (Fsp3) is 0.111. The number of nitrogen functional groups attached to an aromatic ring is 1. The largest absolute Gasteiger partial charge is 0.334 e. The first kappa shape index (κ1) is 19.7. The van der Waals surface area contributed by atoms with Crippen molar-refractivity contribution in [1.29, 1.82) is 0 Å². The van der Waals surface area contributed by atoms with Gasteiger partial charge >= 0.3 is 0 Å². The molecule has 0 fully saturated rings. The van der Waals surface area contributed by atoms with Gasteiger partial charge in [0.25, 0.3) is 5.95 Å². The van der Waals surface area contributed by atoms with Crippen molar-refractivity contribution >= 4 is 46.6 Å². The Labute approximate surface area is 171 Å². The minimum absolute atomic E-state index is 0.119. The van der Waals surface area contributed by atoms with Crippen LogP contribution in [0.3, 0.4) is 0 Å². The molecule has 0 unspecified atom stereocenters. The SMILES string of the molecule is C/C(=N\Nc1nnc(SCC(=O)Nc2cccc(Cl)c2)n1N)c1ccccc1. The topological polar surface area (TPSA) is 110 Å². The molecule has 4 N–H and O–H groups in total. The molecule has 0 bridgehead atoms. The predicted molar refractivity (Wildman–Crippen MR) is 113 cm³/mol. The minimum Gasteiger partial charge on any atom is -0.334 e. The highest BCUT2D eigenvalue weighted by atomic mass is 35.5. The van der Waals surface area contributed by atoms with Gasteiger partial charge in [-0.2, -0.15) is 5.10 Å². The third-order valence-electron chi connectivity index (χ3n) is 3.62. The molecule has 0 radical (unpaired) electrons. The first-order chi connectivity index (χ1) is 13.5. The molecule has 0 atom stereocenters. The van der Waals surface area contributed by atoms with Gasteiger partial charge in [0.05, 0.1) is 11.5 Å². The van der Waals surface area contributed by atoms with Crippen LogP contribution in [0.25, 0.3) is 0 Å². The maximum absolute atomic E-state index is 12.1. The van der Waals surface area contributed by atoms with Crippen LogP contribution < -0.4 is 16.6 Å². The van der Waals surface area contributed by atoms with Crippen molar-refractivity contribution in [3.8, 4) is 0 Å². The van der Waals surface area contributed by atoms with E-state index in [-0.39, 0.29) is 17.6 Å². The lowest BCUT2D eigenvalue weighted by Crippen LogP contribution is -2.17. The molecule has 0 saturated heterocycles. The summed E-state index contributed by atoms with van der Waals surface area (Å²) < 4.78 is 1.25. The summed E-state index contributed by atoms with van der Waals surface area (Å²) in [4.78, 5) is 12.1. The van der Waals surface area contributed by atoms with E-state index in [9.17, 15) is 4.79 Å². The zero-order chi connectivity index (χ0) is 19.9. The average Bonchev–Trinajstić information content (AvgIpc) is 3.05. The first-order valence-corrected chi connectivity index (χ1v) is 9.63. The van der Waals surface area contributed by atoms with Crippen LogP contribution in [0.4, 0.5) is 11.6 Å². The summed E-state index contributed by atoms with van der Waals surface area (Å²) in [5.41, 5.74) is 5.17. The molecule has 0 aliphatic carbocycles. The third-order valence-corrected chi connectivity index (χ3v) is 4.80. The van der Waals surface area contributed by atoms with E-state index in [1.54, 1.807) is 24.3 Å². The Morgan fingerprint density at radius 3 is 2.75 bits per heavy atom. The number of nitrogens with zero attached hydrogens (tertiary/aromatic N) is 4. The van der Waals surface area contributed by atoms with Gasteiger partial charge in [0.2, 0.25) is 11.1 Å². The van der Waals surface area contributed by atoms with E-state index in [1.165, 1.54) is 4.68 Å². The van der Waals surface area contributed by atoms with Crippen molar-refractivity contribution in [2.45, 2.75) is 12.1 Å². The lowest BCUT2D eigenvalue weighted by Gasteiger charge is -2.06. The number of thioether (sulfide) groups is 1. The Bertz CT molecular complexity index is 991. The van der Waals surface area contributed by atoms with Crippen LogP contribution in [0.5, 0.6) is 0 Å². The number of carbonyl (C=O) groups excluding carboxylic acids is 1. The molecule has 3 rings (SSSR count). The van der Waals surface area contributed by atoms with Gasteiger partial charge in [0, 0.05) is 10.7 Å².